The Bertz CT molecular complexity index is 181. The van der Waals surface area contributed by atoms with Gasteiger partial charge >= 0.3 is 0 Å². The van der Waals surface area contributed by atoms with Gasteiger partial charge in [-0.05, 0) is 13.3 Å². The Balaban J connectivity index is 2.46. The number of aliphatic hydroxyl groups excluding tert-OH is 1. The molecule has 0 radical (unpaired) electrons. The summed E-state index contributed by atoms with van der Waals surface area (Å²) in [5, 5.41) is 20.5. The fourth-order valence-electron chi connectivity index (χ4n) is 1.45. The first-order valence-electron chi connectivity index (χ1n) is 4.05. The van der Waals surface area contributed by atoms with Crippen LogP contribution in [0.1, 0.15) is 13.3 Å². The number of guanidine groups is 1. The predicted octanol–water partition coefficient (Wildman–Crippen LogP) is -0.607. The van der Waals surface area contributed by atoms with E-state index in [0.717, 1.165) is 13.0 Å². The van der Waals surface area contributed by atoms with Gasteiger partial charge in [0.15, 0.2) is 0 Å². The maximum absolute atomic E-state index is 9.25. The summed E-state index contributed by atoms with van der Waals surface area (Å²) in [5.74, 6) is 0.378. The van der Waals surface area contributed by atoms with Crippen LogP contribution in [0, 0.1) is 5.92 Å². The molecule has 0 spiro atoms. The van der Waals surface area contributed by atoms with Crippen molar-refractivity contribution in [3.63, 3.8) is 0 Å². The molecule has 1 fully saturated rings. The van der Waals surface area contributed by atoms with Gasteiger partial charge in [-0.3, -0.25) is 0 Å². The van der Waals surface area contributed by atoms with Gasteiger partial charge in [0.2, 0.25) is 5.96 Å². The molecule has 1 aliphatic heterocycles. The van der Waals surface area contributed by atoms with E-state index in [1.807, 2.05) is 0 Å². The minimum atomic E-state index is -0.318. The zero-order chi connectivity index (χ0) is 9.14. The number of nitrogens with zero attached hydrogens (tertiary/aromatic N) is 2. The molecule has 4 N–H and O–H groups in total. The van der Waals surface area contributed by atoms with Gasteiger partial charge in [-0.2, -0.15) is 0 Å². The van der Waals surface area contributed by atoms with Crippen LogP contribution in [0.4, 0.5) is 0 Å². The smallest absolute Gasteiger partial charge is 0.233 e. The summed E-state index contributed by atoms with van der Waals surface area (Å²) in [4.78, 5) is 1.76. The molecule has 1 heterocycles. The summed E-state index contributed by atoms with van der Waals surface area (Å²) in [6.07, 6.45) is 0.579. The second-order valence-corrected chi connectivity index (χ2v) is 3.19. The highest BCUT2D eigenvalue weighted by Crippen LogP contribution is 2.18. The third kappa shape index (κ3) is 1.79. The molecule has 1 aliphatic rings. The number of nitrogens with two attached hydrogens (primary N) is 1. The molecule has 0 amide bonds. The van der Waals surface area contributed by atoms with Crippen molar-refractivity contribution in [1.29, 1.82) is 0 Å². The summed E-state index contributed by atoms with van der Waals surface area (Å²) in [6, 6.07) is 0. The lowest BCUT2D eigenvalue weighted by atomic mass is 10.0. The molecule has 2 unspecified atom stereocenters. The third-order valence-corrected chi connectivity index (χ3v) is 2.33. The SMILES string of the molecule is CC(O)C1CCN(C(N)=NO)C1. The van der Waals surface area contributed by atoms with E-state index in [2.05, 4.69) is 5.16 Å². The van der Waals surface area contributed by atoms with E-state index in [0.29, 0.717) is 6.54 Å². The second-order valence-electron chi connectivity index (χ2n) is 3.19. The standard InChI is InChI=1S/C7H15N3O2/c1-5(11)6-2-3-10(4-6)7(8)9-12/h5-6,11-12H,2-4H2,1H3,(H2,8,9). The van der Waals surface area contributed by atoms with Gasteiger partial charge in [-0.15, -0.1) is 0 Å². The summed E-state index contributed by atoms with van der Waals surface area (Å²) in [5.41, 5.74) is 5.38. The van der Waals surface area contributed by atoms with E-state index in [4.69, 9.17) is 10.9 Å². The average molecular weight is 173 g/mol. The van der Waals surface area contributed by atoms with Gasteiger partial charge in [0, 0.05) is 19.0 Å². The van der Waals surface area contributed by atoms with E-state index >= 15 is 0 Å². The van der Waals surface area contributed by atoms with Gasteiger partial charge < -0.3 is 20.9 Å². The molecule has 0 aromatic rings. The minimum Gasteiger partial charge on any atom is -0.408 e. The largest absolute Gasteiger partial charge is 0.408 e. The first kappa shape index (κ1) is 9.12. The fraction of sp³-hybridized carbons (Fsp3) is 0.857. The highest BCUT2D eigenvalue weighted by molar-refractivity contribution is 5.77. The molecule has 1 rings (SSSR count). The molecular weight excluding hydrogens is 158 g/mol. The molecule has 0 aromatic carbocycles. The molecular formula is C7H15N3O2. The number of oxime groups is 1. The van der Waals surface area contributed by atoms with Crippen LogP contribution in [-0.4, -0.2) is 40.4 Å². The predicted molar refractivity (Wildman–Crippen MR) is 44.8 cm³/mol. The Morgan fingerprint density at radius 2 is 2.42 bits per heavy atom. The summed E-state index contributed by atoms with van der Waals surface area (Å²) in [6.45, 7) is 3.19. The first-order valence-corrected chi connectivity index (χ1v) is 4.05. The number of hydrogen-bond donors (Lipinski definition) is 3. The van der Waals surface area contributed by atoms with E-state index in [1.165, 1.54) is 0 Å². The lowest BCUT2D eigenvalue weighted by Gasteiger charge is -2.16. The van der Waals surface area contributed by atoms with Gasteiger partial charge in [-0.1, -0.05) is 5.16 Å². The van der Waals surface area contributed by atoms with Crippen LogP contribution in [-0.2, 0) is 0 Å². The van der Waals surface area contributed by atoms with Gasteiger partial charge in [0.25, 0.3) is 0 Å². The topological polar surface area (TPSA) is 82.1 Å². The Morgan fingerprint density at radius 1 is 1.75 bits per heavy atom. The molecule has 5 nitrogen and oxygen atoms in total. The molecule has 5 heteroatoms. The van der Waals surface area contributed by atoms with Crippen molar-refractivity contribution in [2.45, 2.75) is 19.4 Å². The number of aliphatic hydroxyl groups is 1. The van der Waals surface area contributed by atoms with E-state index < -0.39 is 0 Å². The summed E-state index contributed by atoms with van der Waals surface area (Å²) in [7, 11) is 0. The first-order chi connectivity index (χ1) is 5.65. The van der Waals surface area contributed by atoms with Gasteiger partial charge in [0.1, 0.15) is 0 Å². The molecule has 0 aromatic heterocycles. The Labute approximate surface area is 71.5 Å². The van der Waals surface area contributed by atoms with Crippen LogP contribution in [0.2, 0.25) is 0 Å². The van der Waals surface area contributed by atoms with Crippen molar-refractivity contribution in [3.8, 4) is 0 Å². The van der Waals surface area contributed by atoms with E-state index in [1.54, 1.807) is 11.8 Å². The van der Waals surface area contributed by atoms with Gasteiger partial charge in [0.05, 0.1) is 6.10 Å². The average Bonchev–Trinajstić information content (AvgIpc) is 2.51. The Kier molecular flexibility index (Phi) is 2.75. The molecule has 0 aliphatic carbocycles. The van der Waals surface area contributed by atoms with Crippen molar-refractivity contribution in [1.82, 2.24) is 4.90 Å². The molecule has 1 saturated heterocycles. The monoisotopic (exact) mass is 173 g/mol. The number of hydrogen-bond acceptors (Lipinski definition) is 3. The highest BCUT2D eigenvalue weighted by atomic mass is 16.4. The van der Waals surface area contributed by atoms with E-state index in [9.17, 15) is 5.11 Å². The van der Waals surface area contributed by atoms with Crippen LogP contribution in [0.25, 0.3) is 0 Å². The van der Waals surface area contributed by atoms with Crippen LogP contribution < -0.4 is 5.73 Å². The lowest BCUT2D eigenvalue weighted by Crippen LogP contribution is -2.36. The summed E-state index contributed by atoms with van der Waals surface area (Å²) >= 11 is 0. The maximum Gasteiger partial charge on any atom is 0.233 e. The van der Waals surface area contributed by atoms with Crippen molar-refractivity contribution < 1.29 is 10.3 Å². The summed E-state index contributed by atoms with van der Waals surface area (Å²) < 4.78 is 0. The molecule has 0 bridgehead atoms. The van der Waals surface area contributed by atoms with Crippen LogP contribution in [0.15, 0.2) is 5.16 Å². The zero-order valence-corrected chi connectivity index (χ0v) is 7.14. The van der Waals surface area contributed by atoms with Crippen molar-refractivity contribution in [2.24, 2.45) is 16.8 Å². The molecule has 70 valence electrons. The van der Waals surface area contributed by atoms with Gasteiger partial charge in [-0.25, -0.2) is 0 Å². The highest BCUT2D eigenvalue weighted by Gasteiger charge is 2.27. The Morgan fingerprint density at radius 3 is 2.83 bits per heavy atom. The van der Waals surface area contributed by atoms with Crippen molar-refractivity contribution in [3.05, 3.63) is 0 Å². The number of likely N-dealkylation sites (tertiary alicyclic amines) is 1. The van der Waals surface area contributed by atoms with Crippen molar-refractivity contribution >= 4 is 5.96 Å². The van der Waals surface area contributed by atoms with E-state index in [-0.39, 0.29) is 18.0 Å². The minimum absolute atomic E-state index is 0.137. The number of rotatable bonds is 1. The normalized spacial score (nSPS) is 27.7. The van der Waals surface area contributed by atoms with Crippen LogP contribution >= 0.6 is 0 Å². The zero-order valence-electron chi connectivity index (χ0n) is 7.14. The lowest BCUT2D eigenvalue weighted by molar-refractivity contribution is 0.132. The Hall–Kier alpha value is -0.970. The third-order valence-electron chi connectivity index (χ3n) is 2.33. The second kappa shape index (κ2) is 3.62. The molecule has 2 atom stereocenters. The molecule has 0 saturated carbocycles. The molecule has 12 heavy (non-hydrogen) atoms. The quantitative estimate of drug-likeness (QED) is 0.214. The van der Waals surface area contributed by atoms with Crippen LogP contribution in [0.3, 0.4) is 0 Å². The van der Waals surface area contributed by atoms with Crippen molar-refractivity contribution in [2.75, 3.05) is 13.1 Å². The fourth-order valence-corrected chi connectivity index (χ4v) is 1.45. The van der Waals surface area contributed by atoms with Crippen LogP contribution in [0.5, 0.6) is 0 Å². The maximum atomic E-state index is 9.25.